The Morgan fingerprint density at radius 2 is 1.79 bits per heavy atom. The maximum atomic E-state index is 12.5. The number of ether oxygens (including phenoxy) is 1. The van der Waals surface area contributed by atoms with E-state index in [0.29, 0.717) is 38.5 Å². The molecule has 126 valence electrons. The lowest BCUT2D eigenvalue weighted by Crippen LogP contribution is -2.50. The molecule has 0 bridgehead atoms. The number of aromatic nitrogens is 1. The molecule has 0 unspecified atom stereocenters. The zero-order valence-electron chi connectivity index (χ0n) is 13.5. The van der Waals surface area contributed by atoms with Crippen molar-refractivity contribution in [3.63, 3.8) is 0 Å². The standard InChI is InChI=1S/C17H19N3O4/c1-2-23-17(22)20-10-8-19(9-11-20)16(21)14-12-15(24-18-14)13-6-4-3-5-7-13/h3-7,12H,2,8-11H2,1H3. The summed E-state index contributed by atoms with van der Waals surface area (Å²) >= 11 is 0. The topological polar surface area (TPSA) is 75.9 Å². The Labute approximate surface area is 139 Å². The number of piperazine rings is 1. The predicted molar refractivity (Wildman–Crippen MR) is 86.4 cm³/mol. The molecule has 1 aromatic carbocycles. The normalized spacial score (nSPS) is 14.5. The summed E-state index contributed by atoms with van der Waals surface area (Å²) in [7, 11) is 0. The van der Waals surface area contributed by atoms with Crippen LogP contribution in [0.15, 0.2) is 40.9 Å². The third-order valence-electron chi connectivity index (χ3n) is 3.88. The number of carbonyl (C=O) groups excluding carboxylic acids is 2. The molecule has 2 amide bonds. The van der Waals surface area contributed by atoms with Crippen molar-refractivity contribution in [1.29, 1.82) is 0 Å². The third kappa shape index (κ3) is 3.40. The van der Waals surface area contributed by atoms with E-state index < -0.39 is 0 Å². The van der Waals surface area contributed by atoms with E-state index in [0.717, 1.165) is 5.56 Å². The van der Waals surface area contributed by atoms with Gasteiger partial charge in [-0.25, -0.2) is 4.79 Å². The molecule has 3 rings (SSSR count). The fourth-order valence-corrected chi connectivity index (χ4v) is 2.58. The maximum absolute atomic E-state index is 12.5. The first-order valence-corrected chi connectivity index (χ1v) is 7.92. The van der Waals surface area contributed by atoms with Crippen LogP contribution in [0.1, 0.15) is 17.4 Å². The van der Waals surface area contributed by atoms with E-state index in [1.165, 1.54) is 0 Å². The second kappa shape index (κ2) is 7.16. The number of hydrogen-bond acceptors (Lipinski definition) is 5. The average Bonchev–Trinajstić information content (AvgIpc) is 3.12. The van der Waals surface area contributed by atoms with Crippen molar-refractivity contribution in [3.05, 3.63) is 42.1 Å². The van der Waals surface area contributed by atoms with Crippen LogP contribution in [-0.2, 0) is 4.74 Å². The van der Waals surface area contributed by atoms with E-state index in [-0.39, 0.29) is 17.7 Å². The summed E-state index contributed by atoms with van der Waals surface area (Å²) in [6, 6.07) is 11.1. The minimum absolute atomic E-state index is 0.190. The van der Waals surface area contributed by atoms with Gasteiger partial charge in [-0.2, -0.15) is 0 Å². The molecular weight excluding hydrogens is 310 g/mol. The van der Waals surface area contributed by atoms with Crippen LogP contribution < -0.4 is 0 Å². The second-order valence-electron chi connectivity index (χ2n) is 5.42. The van der Waals surface area contributed by atoms with E-state index in [1.807, 2.05) is 30.3 Å². The van der Waals surface area contributed by atoms with Crippen LogP contribution in [0.5, 0.6) is 0 Å². The molecule has 0 N–H and O–H groups in total. The molecule has 1 saturated heterocycles. The Hall–Kier alpha value is -2.83. The van der Waals surface area contributed by atoms with Crippen molar-refractivity contribution in [2.45, 2.75) is 6.92 Å². The third-order valence-corrected chi connectivity index (χ3v) is 3.88. The van der Waals surface area contributed by atoms with Crippen molar-refractivity contribution in [2.24, 2.45) is 0 Å². The lowest BCUT2D eigenvalue weighted by molar-refractivity contribution is 0.0562. The molecule has 24 heavy (non-hydrogen) atoms. The molecule has 0 saturated carbocycles. The van der Waals surface area contributed by atoms with E-state index in [4.69, 9.17) is 9.26 Å². The van der Waals surface area contributed by atoms with Crippen molar-refractivity contribution >= 4 is 12.0 Å². The fraction of sp³-hybridized carbons (Fsp3) is 0.353. The minimum atomic E-state index is -0.336. The second-order valence-corrected chi connectivity index (χ2v) is 5.42. The summed E-state index contributed by atoms with van der Waals surface area (Å²) in [5.41, 5.74) is 1.15. The monoisotopic (exact) mass is 329 g/mol. The van der Waals surface area contributed by atoms with Crippen LogP contribution >= 0.6 is 0 Å². The Morgan fingerprint density at radius 1 is 1.12 bits per heavy atom. The highest BCUT2D eigenvalue weighted by molar-refractivity contribution is 5.93. The molecule has 7 heteroatoms. The lowest BCUT2D eigenvalue weighted by Gasteiger charge is -2.33. The molecule has 1 fully saturated rings. The van der Waals surface area contributed by atoms with E-state index >= 15 is 0 Å². The van der Waals surface area contributed by atoms with Crippen molar-refractivity contribution in [2.75, 3.05) is 32.8 Å². The number of amides is 2. The summed E-state index contributed by atoms with van der Waals surface area (Å²) in [6.07, 6.45) is -0.336. The number of hydrogen-bond donors (Lipinski definition) is 0. The molecule has 2 heterocycles. The number of benzene rings is 1. The Kier molecular flexibility index (Phi) is 4.79. The Balaban J connectivity index is 1.62. The van der Waals surface area contributed by atoms with Crippen molar-refractivity contribution in [1.82, 2.24) is 15.0 Å². The predicted octanol–water partition coefficient (Wildman–Crippen LogP) is 2.26. The first-order chi connectivity index (χ1) is 11.7. The number of rotatable bonds is 3. The average molecular weight is 329 g/mol. The van der Waals surface area contributed by atoms with E-state index in [9.17, 15) is 9.59 Å². The Morgan fingerprint density at radius 3 is 2.46 bits per heavy atom. The highest BCUT2D eigenvalue weighted by Crippen LogP contribution is 2.20. The lowest BCUT2D eigenvalue weighted by atomic mass is 10.1. The molecule has 0 aliphatic carbocycles. The SMILES string of the molecule is CCOC(=O)N1CCN(C(=O)c2cc(-c3ccccc3)on2)CC1. The van der Waals surface area contributed by atoms with Gasteiger partial charge in [0.15, 0.2) is 11.5 Å². The first-order valence-electron chi connectivity index (χ1n) is 7.92. The zero-order valence-corrected chi connectivity index (χ0v) is 13.5. The van der Waals surface area contributed by atoms with Crippen LogP contribution in [0.25, 0.3) is 11.3 Å². The van der Waals surface area contributed by atoms with Gasteiger partial charge in [-0.15, -0.1) is 0 Å². The van der Waals surface area contributed by atoms with Gasteiger partial charge < -0.3 is 19.1 Å². The molecule has 2 aromatic rings. The fourth-order valence-electron chi connectivity index (χ4n) is 2.58. The van der Waals surface area contributed by atoms with Gasteiger partial charge in [-0.1, -0.05) is 35.5 Å². The highest BCUT2D eigenvalue weighted by atomic mass is 16.6. The van der Waals surface area contributed by atoms with Crippen LogP contribution in [-0.4, -0.2) is 59.7 Å². The molecule has 1 aliphatic heterocycles. The van der Waals surface area contributed by atoms with Crippen LogP contribution in [0.2, 0.25) is 0 Å². The largest absolute Gasteiger partial charge is 0.450 e. The van der Waals surface area contributed by atoms with Crippen LogP contribution in [0.3, 0.4) is 0 Å². The van der Waals surface area contributed by atoms with Gasteiger partial charge in [-0.3, -0.25) is 4.79 Å². The number of nitrogens with zero attached hydrogens (tertiary/aromatic N) is 3. The molecule has 1 aromatic heterocycles. The molecule has 0 spiro atoms. The summed E-state index contributed by atoms with van der Waals surface area (Å²) in [5, 5.41) is 3.88. The summed E-state index contributed by atoms with van der Waals surface area (Å²) in [4.78, 5) is 27.5. The zero-order chi connectivity index (χ0) is 16.9. The van der Waals surface area contributed by atoms with Crippen molar-refractivity contribution in [3.8, 4) is 11.3 Å². The van der Waals surface area contributed by atoms with Crippen molar-refractivity contribution < 1.29 is 18.8 Å². The molecule has 0 radical (unpaired) electrons. The van der Waals surface area contributed by atoms with Gasteiger partial charge >= 0.3 is 6.09 Å². The molecular formula is C17H19N3O4. The van der Waals surface area contributed by atoms with Crippen LogP contribution in [0.4, 0.5) is 4.79 Å². The molecule has 0 atom stereocenters. The van der Waals surface area contributed by atoms with Gasteiger partial charge in [0.25, 0.3) is 5.91 Å². The van der Waals surface area contributed by atoms with Gasteiger partial charge in [0.1, 0.15) is 0 Å². The first kappa shape index (κ1) is 16.0. The van der Waals surface area contributed by atoms with Gasteiger partial charge in [-0.05, 0) is 6.92 Å². The summed E-state index contributed by atoms with van der Waals surface area (Å²) < 4.78 is 10.2. The van der Waals surface area contributed by atoms with E-state index in [1.54, 1.807) is 22.8 Å². The minimum Gasteiger partial charge on any atom is -0.450 e. The number of carbonyl (C=O) groups is 2. The maximum Gasteiger partial charge on any atom is 0.409 e. The van der Waals surface area contributed by atoms with Gasteiger partial charge in [0, 0.05) is 37.8 Å². The smallest absolute Gasteiger partial charge is 0.409 e. The van der Waals surface area contributed by atoms with Gasteiger partial charge in [0.2, 0.25) is 0 Å². The molecule has 7 nitrogen and oxygen atoms in total. The summed E-state index contributed by atoms with van der Waals surface area (Å²) in [5.74, 6) is 0.369. The Bertz CT molecular complexity index is 706. The quantitative estimate of drug-likeness (QED) is 0.863. The summed E-state index contributed by atoms with van der Waals surface area (Å²) in [6.45, 7) is 3.92. The molecule has 1 aliphatic rings. The highest BCUT2D eigenvalue weighted by Gasteiger charge is 2.27. The van der Waals surface area contributed by atoms with Gasteiger partial charge in [0.05, 0.1) is 6.61 Å². The van der Waals surface area contributed by atoms with Crippen LogP contribution in [0, 0.1) is 0 Å². The van der Waals surface area contributed by atoms with E-state index in [2.05, 4.69) is 5.16 Å².